The van der Waals surface area contributed by atoms with Gasteiger partial charge in [-0.1, -0.05) is 11.2 Å². The molecule has 2 aromatic rings. The van der Waals surface area contributed by atoms with Crippen LogP contribution in [0.5, 0.6) is 0 Å². The van der Waals surface area contributed by atoms with Gasteiger partial charge >= 0.3 is 0 Å². The van der Waals surface area contributed by atoms with Crippen molar-refractivity contribution in [1.82, 2.24) is 15.0 Å². The Morgan fingerprint density at radius 2 is 2.27 bits per heavy atom. The Balaban J connectivity index is 1.69. The predicted molar refractivity (Wildman–Crippen MR) is 82.5 cm³/mol. The van der Waals surface area contributed by atoms with E-state index in [1.165, 1.54) is 0 Å². The molecular weight excluding hydrogens is 278 g/mol. The molecule has 1 aliphatic rings. The number of carbonyl (C=O) groups excluding carboxylic acids is 1. The molecule has 0 aliphatic carbocycles. The smallest absolute Gasteiger partial charge is 0.259 e. The van der Waals surface area contributed by atoms with E-state index in [1.54, 1.807) is 6.92 Å². The molecule has 2 aromatic heterocycles. The van der Waals surface area contributed by atoms with Gasteiger partial charge in [0.15, 0.2) is 0 Å². The summed E-state index contributed by atoms with van der Waals surface area (Å²) < 4.78 is 5.12. The molecule has 1 aliphatic heterocycles. The van der Waals surface area contributed by atoms with Crippen molar-refractivity contribution in [3.05, 3.63) is 47.1 Å². The van der Waals surface area contributed by atoms with Crippen LogP contribution in [0.2, 0.25) is 0 Å². The summed E-state index contributed by atoms with van der Waals surface area (Å²) >= 11 is 0. The van der Waals surface area contributed by atoms with E-state index in [9.17, 15) is 4.79 Å². The van der Waals surface area contributed by atoms with Gasteiger partial charge < -0.3 is 9.42 Å². The normalized spacial score (nSPS) is 18.5. The summed E-state index contributed by atoms with van der Waals surface area (Å²) in [6.45, 7) is 5.20. The van der Waals surface area contributed by atoms with Crippen molar-refractivity contribution in [2.45, 2.75) is 33.1 Å². The molecule has 22 heavy (non-hydrogen) atoms. The van der Waals surface area contributed by atoms with E-state index in [2.05, 4.69) is 16.2 Å². The summed E-state index contributed by atoms with van der Waals surface area (Å²) in [5, 5.41) is 3.89. The van der Waals surface area contributed by atoms with Crippen LogP contribution in [0.1, 0.15) is 40.3 Å². The zero-order valence-electron chi connectivity index (χ0n) is 13.1. The molecule has 0 N–H and O–H groups in total. The van der Waals surface area contributed by atoms with Crippen molar-refractivity contribution in [2.24, 2.45) is 5.92 Å². The van der Waals surface area contributed by atoms with Gasteiger partial charge in [-0.2, -0.15) is 0 Å². The number of aromatic nitrogens is 2. The van der Waals surface area contributed by atoms with Crippen molar-refractivity contribution >= 4 is 5.91 Å². The van der Waals surface area contributed by atoms with Gasteiger partial charge in [0.2, 0.25) is 0 Å². The first-order valence-electron chi connectivity index (χ1n) is 7.77. The van der Waals surface area contributed by atoms with Gasteiger partial charge in [-0.05, 0) is 51.2 Å². The molecule has 1 atom stereocenters. The number of nitrogens with zero attached hydrogens (tertiary/aromatic N) is 3. The van der Waals surface area contributed by atoms with Crippen LogP contribution in [-0.2, 0) is 6.42 Å². The maximum atomic E-state index is 12.7. The number of aryl methyl sites for hydroxylation is 2. The van der Waals surface area contributed by atoms with Gasteiger partial charge in [-0.25, -0.2) is 0 Å². The quantitative estimate of drug-likeness (QED) is 0.874. The lowest BCUT2D eigenvalue weighted by Gasteiger charge is -2.32. The molecule has 3 heterocycles. The molecule has 0 spiro atoms. The van der Waals surface area contributed by atoms with Crippen LogP contribution in [0.15, 0.2) is 28.9 Å². The van der Waals surface area contributed by atoms with Crippen LogP contribution in [0, 0.1) is 19.8 Å². The third kappa shape index (κ3) is 3.03. The molecule has 0 aromatic carbocycles. The van der Waals surface area contributed by atoms with Crippen LogP contribution in [-0.4, -0.2) is 34.0 Å². The summed E-state index contributed by atoms with van der Waals surface area (Å²) in [5.74, 6) is 1.12. The first kappa shape index (κ1) is 14.8. The first-order chi connectivity index (χ1) is 10.6. The summed E-state index contributed by atoms with van der Waals surface area (Å²) in [6.07, 6.45) is 4.92. The Bertz CT molecular complexity index is 632. The second-order valence-corrected chi connectivity index (χ2v) is 5.98. The minimum atomic E-state index is 0.0435. The van der Waals surface area contributed by atoms with Crippen molar-refractivity contribution < 1.29 is 9.32 Å². The summed E-state index contributed by atoms with van der Waals surface area (Å²) in [4.78, 5) is 19.0. The number of hydrogen-bond acceptors (Lipinski definition) is 4. The number of amides is 1. The highest BCUT2D eigenvalue weighted by Crippen LogP contribution is 2.23. The minimum absolute atomic E-state index is 0.0435. The Morgan fingerprint density at radius 1 is 1.41 bits per heavy atom. The van der Waals surface area contributed by atoms with Crippen LogP contribution in [0.25, 0.3) is 0 Å². The maximum Gasteiger partial charge on any atom is 0.259 e. The Hall–Kier alpha value is -2.17. The molecule has 0 bridgehead atoms. The Morgan fingerprint density at radius 3 is 2.95 bits per heavy atom. The molecule has 116 valence electrons. The standard InChI is InChI=1S/C17H21N3O2/c1-12-16(13(2)22-19-12)17(21)20-9-5-6-14(11-20)10-15-7-3-4-8-18-15/h3-4,7-8,14H,5-6,9-11H2,1-2H3/t14-/m0/s1. The van der Waals surface area contributed by atoms with E-state index in [4.69, 9.17) is 4.52 Å². The van der Waals surface area contributed by atoms with Crippen molar-refractivity contribution in [3.63, 3.8) is 0 Å². The van der Waals surface area contributed by atoms with E-state index < -0.39 is 0 Å². The second-order valence-electron chi connectivity index (χ2n) is 5.98. The lowest BCUT2D eigenvalue weighted by molar-refractivity contribution is 0.0670. The average molecular weight is 299 g/mol. The van der Waals surface area contributed by atoms with Gasteiger partial charge in [0, 0.05) is 25.0 Å². The molecule has 1 amide bonds. The lowest BCUT2D eigenvalue weighted by Crippen LogP contribution is -2.41. The van der Waals surface area contributed by atoms with E-state index in [1.807, 2.05) is 30.2 Å². The summed E-state index contributed by atoms with van der Waals surface area (Å²) in [5.41, 5.74) is 2.40. The van der Waals surface area contributed by atoms with Crippen molar-refractivity contribution in [3.8, 4) is 0 Å². The van der Waals surface area contributed by atoms with E-state index in [0.29, 0.717) is 22.9 Å². The van der Waals surface area contributed by atoms with Crippen molar-refractivity contribution in [2.75, 3.05) is 13.1 Å². The maximum absolute atomic E-state index is 12.7. The second kappa shape index (κ2) is 6.30. The highest BCUT2D eigenvalue weighted by molar-refractivity contribution is 5.96. The first-order valence-corrected chi connectivity index (χ1v) is 7.77. The monoisotopic (exact) mass is 299 g/mol. The molecular formula is C17H21N3O2. The zero-order valence-corrected chi connectivity index (χ0v) is 13.1. The Kier molecular flexibility index (Phi) is 4.22. The van der Waals surface area contributed by atoms with Crippen LogP contribution in [0.3, 0.4) is 0 Å². The fourth-order valence-electron chi connectivity index (χ4n) is 3.18. The molecule has 5 nitrogen and oxygen atoms in total. The van der Waals surface area contributed by atoms with Crippen molar-refractivity contribution in [1.29, 1.82) is 0 Å². The largest absolute Gasteiger partial charge is 0.361 e. The topological polar surface area (TPSA) is 59.2 Å². The number of carbonyl (C=O) groups is 1. The van der Waals surface area contributed by atoms with Crippen LogP contribution < -0.4 is 0 Å². The number of piperidine rings is 1. The predicted octanol–water partition coefficient (Wildman–Crippen LogP) is 2.78. The third-order valence-electron chi connectivity index (χ3n) is 4.28. The molecule has 3 rings (SSSR count). The fraction of sp³-hybridized carbons (Fsp3) is 0.471. The highest BCUT2D eigenvalue weighted by Gasteiger charge is 2.28. The molecule has 1 saturated heterocycles. The third-order valence-corrected chi connectivity index (χ3v) is 4.28. The van der Waals surface area contributed by atoms with Gasteiger partial charge in [-0.3, -0.25) is 9.78 Å². The van der Waals surface area contributed by atoms with Crippen LogP contribution in [0.4, 0.5) is 0 Å². The van der Waals surface area contributed by atoms with E-state index in [-0.39, 0.29) is 5.91 Å². The van der Waals surface area contributed by atoms with Gasteiger partial charge in [-0.15, -0.1) is 0 Å². The SMILES string of the molecule is Cc1noc(C)c1C(=O)N1CCC[C@@H](Cc2ccccn2)C1. The van der Waals surface area contributed by atoms with E-state index in [0.717, 1.165) is 38.0 Å². The van der Waals surface area contributed by atoms with Crippen LogP contribution >= 0.6 is 0 Å². The number of pyridine rings is 1. The fourth-order valence-corrected chi connectivity index (χ4v) is 3.18. The average Bonchev–Trinajstić information content (AvgIpc) is 2.87. The van der Waals surface area contributed by atoms with Gasteiger partial charge in [0.25, 0.3) is 5.91 Å². The number of likely N-dealkylation sites (tertiary alicyclic amines) is 1. The Labute approximate surface area is 130 Å². The molecule has 5 heteroatoms. The zero-order chi connectivity index (χ0) is 15.5. The number of rotatable bonds is 3. The van der Waals surface area contributed by atoms with Gasteiger partial charge in [0.05, 0.1) is 5.69 Å². The molecule has 0 unspecified atom stereocenters. The van der Waals surface area contributed by atoms with E-state index >= 15 is 0 Å². The summed E-state index contributed by atoms with van der Waals surface area (Å²) in [6, 6.07) is 5.99. The summed E-state index contributed by atoms with van der Waals surface area (Å²) in [7, 11) is 0. The van der Waals surface area contributed by atoms with Gasteiger partial charge in [0.1, 0.15) is 11.3 Å². The molecule has 1 fully saturated rings. The lowest BCUT2D eigenvalue weighted by atomic mass is 9.92. The minimum Gasteiger partial charge on any atom is -0.361 e. The number of hydrogen-bond donors (Lipinski definition) is 0. The molecule has 0 radical (unpaired) electrons. The molecule has 0 saturated carbocycles. The highest BCUT2D eigenvalue weighted by atomic mass is 16.5.